The number of rotatable bonds is 2. The molecule has 0 bridgehead atoms. The first-order valence-corrected chi connectivity index (χ1v) is 10.4. The average Bonchev–Trinajstić information content (AvgIpc) is 2.83. The molecule has 0 amide bonds. The number of hydrogen-bond donors (Lipinski definition) is 0. The fourth-order valence-corrected chi connectivity index (χ4v) is 7.08. The van der Waals surface area contributed by atoms with Crippen molar-refractivity contribution in [1.29, 1.82) is 0 Å². The number of Topliss-reactive ketones (excluding diaryl/α,β-unsaturated/α-hetero) is 1. The van der Waals surface area contributed by atoms with Gasteiger partial charge in [-0.25, -0.2) is 0 Å². The van der Waals surface area contributed by atoms with Crippen molar-refractivity contribution in [1.82, 2.24) is 0 Å². The van der Waals surface area contributed by atoms with Gasteiger partial charge in [0.2, 0.25) is 0 Å². The number of ketones is 2. The molecule has 0 aromatic carbocycles. The number of carbonyl (C=O) groups is 3. The monoisotopic (exact) mass is 382 g/mol. The van der Waals surface area contributed by atoms with Crippen LogP contribution in [0.1, 0.15) is 59.8 Å². The van der Waals surface area contributed by atoms with E-state index in [9.17, 15) is 14.4 Å². The van der Waals surface area contributed by atoms with Gasteiger partial charge in [0.1, 0.15) is 0 Å². The number of carbonyl (C=O) groups excluding carboxylic acids is 3. The molecule has 0 saturated heterocycles. The Hall–Kier alpha value is -1.97. The normalized spacial score (nSPS) is 44.3. The number of ether oxygens (including phenoxy) is 1. The lowest BCUT2D eigenvalue weighted by atomic mass is 9.48. The largest absolute Gasteiger partial charge is 0.446 e. The van der Waals surface area contributed by atoms with Gasteiger partial charge in [-0.15, -0.1) is 0 Å². The zero-order valence-electron chi connectivity index (χ0n) is 17.3. The van der Waals surface area contributed by atoms with Crippen LogP contribution in [0.25, 0.3) is 0 Å². The van der Waals surface area contributed by atoms with Crippen LogP contribution in [0.3, 0.4) is 0 Å². The van der Waals surface area contributed by atoms with Gasteiger partial charge in [0.05, 0.1) is 0 Å². The highest BCUT2D eigenvalue weighted by Gasteiger charge is 2.69. The van der Waals surface area contributed by atoms with Crippen molar-refractivity contribution >= 4 is 17.5 Å². The summed E-state index contributed by atoms with van der Waals surface area (Å²) in [5.74, 6) is 0.601. The maximum absolute atomic E-state index is 12.9. The molecule has 0 heterocycles. The van der Waals surface area contributed by atoms with E-state index in [0.717, 1.165) is 30.4 Å². The van der Waals surface area contributed by atoms with Crippen molar-refractivity contribution in [2.45, 2.75) is 65.4 Å². The van der Waals surface area contributed by atoms with Gasteiger partial charge in [0, 0.05) is 18.8 Å². The van der Waals surface area contributed by atoms with Gasteiger partial charge >= 0.3 is 5.97 Å². The van der Waals surface area contributed by atoms with Crippen molar-refractivity contribution in [2.24, 2.45) is 28.6 Å². The Bertz CT molecular complexity index is 849. The molecule has 28 heavy (non-hydrogen) atoms. The molecule has 0 spiro atoms. The summed E-state index contributed by atoms with van der Waals surface area (Å²) in [6, 6.07) is 0. The van der Waals surface area contributed by atoms with Crippen LogP contribution in [-0.4, -0.2) is 23.1 Å². The van der Waals surface area contributed by atoms with Gasteiger partial charge in [-0.3, -0.25) is 14.4 Å². The summed E-state index contributed by atoms with van der Waals surface area (Å²) in [5, 5.41) is 0. The maximum Gasteiger partial charge on any atom is 0.303 e. The minimum atomic E-state index is -1.22. The van der Waals surface area contributed by atoms with Crippen LogP contribution in [0.5, 0.6) is 0 Å². The van der Waals surface area contributed by atoms with Gasteiger partial charge in [-0.05, 0) is 73.0 Å². The predicted octanol–water partition coefficient (Wildman–Crippen LogP) is 4.35. The first kappa shape index (κ1) is 19.4. The molecule has 0 aliphatic heterocycles. The Morgan fingerprint density at radius 1 is 1.18 bits per heavy atom. The predicted molar refractivity (Wildman–Crippen MR) is 106 cm³/mol. The zero-order chi connectivity index (χ0) is 20.5. The first-order valence-electron chi connectivity index (χ1n) is 10.4. The molecule has 0 N–H and O–H groups in total. The third-order valence-electron chi connectivity index (χ3n) is 8.47. The summed E-state index contributed by atoms with van der Waals surface area (Å²) in [7, 11) is 0. The van der Waals surface area contributed by atoms with Crippen LogP contribution in [0.4, 0.5) is 0 Å². The topological polar surface area (TPSA) is 60.4 Å². The molecule has 4 heteroatoms. The fraction of sp³-hybridized carbons (Fsp3) is 0.625. The van der Waals surface area contributed by atoms with Crippen molar-refractivity contribution in [3.05, 3.63) is 36.0 Å². The molecule has 2 fully saturated rings. The van der Waals surface area contributed by atoms with E-state index in [0.29, 0.717) is 24.7 Å². The highest BCUT2D eigenvalue weighted by atomic mass is 16.6. The quantitative estimate of drug-likeness (QED) is 0.526. The SMILES string of the molecule is C=C1C[C@H]2[C@@H]3C=CC4=CC(=O)CC[C@]4(C)[C@H]3CC[C@]2(C)[C@@]1(OC(C)=O)C(C)=O. The van der Waals surface area contributed by atoms with Gasteiger partial charge in [-0.1, -0.05) is 32.6 Å². The Labute approximate surface area is 167 Å². The fourth-order valence-electron chi connectivity index (χ4n) is 7.08. The van der Waals surface area contributed by atoms with E-state index < -0.39 is 17.0 Å². The standard InChI is InChI=1S/C24H30O4/c1-14-12-21-19-7-6-17-13-18(27)8-10-22(17,4)20(19)9-11-23(21,5)24(14,15(2)25)28-16(3)26/h6-7,13,19-21H,1,8-12H2,2-5H3/t19-,20+,21+,22+,23+,24+/m1/s1. The molecule has 0 aromatic rings. The molecule has 150 valence electrons. The van der Waals surface area contributed by atoms with E-state index >= 15 is 0 Å². The van der Waals surface area contributed by atoms with Crippen LogP contribution in [0.15, 0.2) is 36.0 Å². The highest BCUT2D eigenvalue weighted by molar-refractivity contribution is 5.93. The molecule has 0 aromatic heterocycles. The summed E-state index contributed by atoms with van der Waals surface area (Å²) >= 11 is 0. The Morgan fingerprint density at radius 3 is 2.54 bits per heavy atom. The van der Waals surface area contributed by atoms with Crippen molar-refractivity contribution < 1.29 is 19.1 Å². The lowest BCUT2D eigenvalue weighted by Crippen LogP contribution is -2.58. The summed E-state index contributed by atoms with van der Waals surface area (Å²) in [4.78, 5) is 36.8. The molecule has 4 nitrogen and oxygen atoms in total. The Balaban J connectivity index is 1.80. The number of allylic oxidation sites excluding steroid dienone is 4. The highest BCUT2D eigenvalue weighted by Crippen LogP contribution is 2.68. The van der Waals surface area contributed by atoms with E-state index in [1.807, 2.05) is 6.08 Å². The number of fused-ring (bicyclic) bond motifs is 5. The zero-order valence-corrected chi connectivity index (χ0v) is 17.3. The lowest BCUT2D eigenvalue weighted by Gasteiger charge is -2.57. The van der Waals surface area contributed by atoms with Crippen LogP contribution < -0.4 is 0 Å². The van der Waals surface area contributed by atoms with Crippen LogP contribution in [0.2, 0.25) is 0 Å². The second-order valence-corrected chi connectivity index (χ2v) is 9.73. The van der Waals surface area contributed by atoms with Crippen molar-refractivity contribution in [3.8, 4) is 0 Å². The van der Waals surface area contributed by atoms with Crippen molar-refractivity contribution in [3.63, 3.8) is 0 Å². The Kier molecular flexibility index (Phi) is 4.16. The van der Waals surface area contributed by atoms with E-state index in [1.165, 1.54) is 13.8 Å². The van der Waals surface area contributed by atoms with Gasteiger partial charge in [-0.2, -0.15) is 0 Å². The van der Waals surface area contributed by atoms with Crippen LogP contribution in [-0.2, 0) is 19.1 Å². The summed E-state index contributed by atoms with van der Waals surface area (Å²) < 4.78 is 5.80. The Morgan fingerprint density at radius 2 is 1.89 bits per heavy atom. The maximum atomic E-state index is 12.9. The van der Waals surface area contributed by atoms with Gasteiger partial charge < -0.3 is 4.74 Å². The third kappa shape index (κ3) is 2.26. The molecule has 4 rings (SSSR count). The summed E-state index contributed by atoms with van der Waals surface area (Å²) in [6.45, 7) is 11.5. The van der Waals surface area contributed by atoms with E-state index in [2.05, 4.69) is 32.6 Å². The van der Waals surface area contributed by atoms with Crippen molar-refractivity contribution in [2.75, 3.05) is 0 Å². The molecule has 4 aliphatic rings. The molecule has 2 saturated carbocycles. The molecule has 0 radical (unpaired) electrons. The first-order chi connectivity index (χ1) is 13.1. The third-order valence-corrected chi connectivity index (χ3v) is 8.47. The van der Waals surface area contributed by atoms with Gasteiger partial charge in [0.15, 0.2) is 17.2 Å². The van der Waals surface area contributed by atoms with E-state index in [4.69, 9.17) is 4.74 Å². The summed E-state index contributed by atoms with van der Waals surface area (Å²) in [6.07, 6.45) is 10.2. The molecule has 6 atom stereocenters. The minimum Gasteiger partial charge on any atom is -0.446 e. The lowest BCUT2D eigenvalue weighted by molar-refractivity contribution is -0.179. The second kappa shape index (κ2) is 6.01. The molecule has 4 aliphatic carbocycles. The summed E-state index contributed by atoms with van der Waals surface area (Å²) in [5.41, 5.74) is 0.223. The smallest absolute Gasteiger partial charge is 0.303 e. The van der Waals surface area contributed by atoms with Crippen LogP contribution in [0, 0.1) is 28.6 Å². The van der Waals surface area contributed by atoms with Gasteiger partial charge in [0.25, 0.3) is 0 Å². The average molecular weight is 383 g/mol. The minimum absolute atomic E-state index is 0.00109. The molecular formula is C24H30O4. The number of esters is 1. The van der Waals surface area contributed by atoms with Crippen LogP contribution >= 0.6 is 0 Å². The second-order valence-electron chi connectivity index (χ2n) is 9.73. The number of hydrogen-bond acceptors (Lipinski definition) is 4. The molecular weight excluding hydrogens is 352 g/mol. The van der Waals surface area contributed by atoms with E-state index in [-0.39, 0.29) is 22.9 Å². The molecule has 0 unspecified atom stereocenters. The van der Waals surface area contributed by atoms with E-state index in [1.54, 1.807) is 0 Å².